The molecule has 1 atom stereocenters. The first-order valence-corrected chi connectivity index (χ1v) is 7.52. The first kappa shape index (κ1) is 17.1. The Labute approximate surface area is 144 Å². The molecule has 2 rings (SSSR count). The van der Waals surface area contributed by atoms with Gasteiger partial charge in [0.15, 0.2) is 6.10 Å². The predicted molar refractivity (Wildman–Crippen MR) is 87.5 cm³/mol. The lowest BCUT2D eigenvalue weighted by atomic mass is 10.2. The third kappa shape index (κ3) is 4.88. The smallest absolute Gasteiger partial charge is 0.347 e. The van der Waals surface area contributed by atoms with Gasteiger partial charge in [0.1, 0.15) is 12.4 Å². The number of rotatable bonds is 5. The van der Waals surface area contributed by atoms with E-state index < -0.39 is 12.1 Å². The van der Waals surface area contributed by atoms with E-state index in [0.29, 0.717) is 21.4 Å². The summed E-state index contributed by atoms with van der Waals surface area (Å²) in [5.74, 6) is -0.153. The molecule has 0 unspecified atom stereocenters. The van der Waals surface area contributed by atoms with Crippen LogP contribution in [0.15, 0.2) is 42.5 Å². The van der Waals surface area contributed by atoms with Crippen LogP contribution in [0, 0.1) is 11.3 Å². The van der Waals surface area contributed by atoms with Crippen LogP contribution in [0.4, 0.5) is 0 Å². The summed E-state index contributed by atoms with van der Waals surface area (Å²) in [5.41, 5.74) is 1.34. The highest BCUT2D eigenvalue weighted by Gasteiger charge is 2.18. The fourth-order valence-corrected chi connectivity index (χ4v) is 2.21. The van der Waals surface area contributed by atoms with Gasteiger partial charge >= 0.3 is 5.97 Å². The largest absolute Gasteiger partial charge is 0.477 e. The number of halogens is 2. The van der Waals surface area contributed by atoms with E-state index in [2.05, 4.69) is 0 Å². The van der Waals surface area contributed by atoms with Gasteiger partial charge in [-0.2, -0.15) is 5.26 Å². The summed E-state index contributed by atoms with van der Waals surface area (Å²) in [5, 5.41) is 9.54. The molecule has 0 aliphatic heterocycles. The van der Waals surface area contributed by atoms with Gasteiger partial charge in [0.2, 0.25) is 0 Å². The number of ether oxygens (including phenoxy) is 2. The van der Waals surface area contributed by atoms with Crippen molar-refractivity contribution in [1.29, 1.82) is 5.26 Å². The lowest BCUT2D eigenvalue weighted by molar-refractivity contribution is -0.152. The Morgan fingerprint density at radius 2 is 1.91 bits per heavy atom. The Hall–Kier alpha value is -2.22. The standard InChI is InChI=1S/C17H13Cl2NO3/c1-11(23-16-7-6-14(18)8-15(16)19)17(21)22-10-13-4-2-12(9-20)3-5-13/h2-8,11H,10H2,1H3/t11-/m1/s1. The van der Waals surface area contributed by atoms with Crippen LogP contribution in [0.3, 0.4) is 0 Å². The number of esters is 1. The lowest BCUT2D eigenvalue weighted by Crippen LogP contribution is -2.26. The molecule has 0 fully saturated rings. The van der Waals surface area contributed by atoms with Gasteiger partial charge in [0.25, 0.3) is 0 Å². The molecule has 0 aromatic heterocycles. The molecule has 118 valence electrons. The van der Waals surface area contributed by atoms with Crippen LogP contribution in [-0.2, 0) is 16.1 Å². The molecular formula is C17H13Cl2NO3. The Kier molecular flexibility index (Phi) is 5.86. The quantitative estimate of drug-likeness (QED) is 0.751. The zero-order valence-electron chi connectivity index (χ0n) is 12.3. The van der Waals surface area contributed by atoms with Crippen LogP contribution in [-0.4, -0.2) is 12.1 Å². The van der Waals surface area contributed by atoms with E-state index in [0.717, 1.165) is 5.56 Å². The lowest BCUT2D eigenvalue weighted by Gasteiger charge is -2.15. The van der Waals surface area contributed by atoms with E-state index in [1.165, 1.54) is 6.07 Å². The van der Waals surface area contributed by atoms with Crippen molar-refractivity contribution in [2.75, 3.05) is 0 Å². The van der Waals surface area contributed by atoms with E-state index in [1.807, 2.05) is 6.07 Å². The van der Waals surface area contributed by atoms with Crippen molar-refractivity contribution in [3.8, 4) is 11.8 Å². The maximum atomic E-state index is 12.0. The summed E-state index contributed by atoms with van der Waals surface area (Å²) in [4.78, 5) is 12.0. The van der Waals surface area contributed by atoms with Gasteiger partial charge in [-0.1, -0.05) is 35.3 Å². The van der Waals surface area contributed by atoms with Gasteiger partial charge in [0, 0.05) is 5.02 Å². The molecule has 0 heterocycles. The first-order valence-electron chi connectivity index (χ1n) is 6.77. The number of nitriles is 1. The summed E-state index contributed by atoms with van der Waals surface area (Å²) in [6.07, 6.45) is -0.813. The van der Waals surface area contributed by atoms with Crippen molar-refractivity contribution in [2.45, 2.75) is 19.6 Å². The van der Waals surface area contributed by atoms with Gasteiger partial charge in [-0.05, 0) is 42.8 Å². The highest BCUT2D eigenvalue weighted by atomic mass is 35.5. The minimum Gasteiger partial charge on any atom is -0.477 e. The van der Waals surface area contributed by atoms with E-state index in [9.17, 15) is 4.79 Å². The molecule has 23 heavy (non-hydrogen) atoms. The predicted octanol–water partition coefficient (Wildman–Crippen LogP) is 4.38. The Balaban J connectivity index is 1.90. The Morgan fingerprint density at radius 1 is 1.22 bits per heavy atom. The molecule has 2 aromatic rings. The average molecular weight is 350 g/mol. The summed E-state index contributed by atoms with van der Waals surface area (Å²) in [6, 6.07) is 13.6. The number of hydrogen-bond acceptors (Lipinski definition) is 4. The highest BCUT2D eigenvalue weighted by molar-refractivity contribution is 6.35. The van der Waals surface area contributed by atoms with Crippen molar-refractivity contribution in [2.24, 2.45) is 0 Å². The molecule has 0 saturated carbocycles. The number of hydrogen-bond donors (Lipinski definition) is 0. The Bertz CT molecular complexity index is 738. The first-order chi connectivity index (χ1) is 11.0. The summed E-state index contributed by atoms with van der Waals surface area (Å²) in [7, 11) is 0. The third-order valence-corrected chi connectivity index (χ3v) is 3.52. The number of benzene rings is 2. The van der Waals surface area contributed by atoms with Crippen molar-refractivity contribution in [3.63, 3.8) is 0 Å². The van der Waals surface area contributed by atoms with Gasteiger partial charge < -0.3 is 9.47 Å². The van der Waals surface area contributed by atoms with E-state index in [1.54, 1.807) is 43.3 Å². The molecule has 0 N–H and O–H groups in total. The van der Waals surface area contributed by atoms with E-state index in [-0.39, 0.29) is 6.61 Å². The zero-order chi connectivity index (χ0) is 16.8. The molecule has 0 aliphatic rings. The van der Waals surface area contributed by atoms with Crippen LogP contribution in [0.1, 0.15) is 18.1 Å². The SMILES string of the molecule is C[C@@H](Oc1ccc(Cl)cc1Cl)C(=O)OCc1ccc(C#N)cc1. The van der Waals surface area contributed by atoms with Crippen molar-refractivity contribution < 1.29 is 14.3 Å². The summed E-state index contributed by atoms with van der Waals surface area (Å²) in [6.45, 7) is 1.68. The molecular weight excluding hydrogens is 337 g/mol. The van der Waals surface area contributed by atoms with Gasteiger partial charge in [-0.3, -0.25) is 0 Å². The Morgan fingerprint density at radius 3 is 2.52 bits per heavy atom. The minimum atomic E-state index is -0.813. The second-order valence-corrected chi connectivity index (χ2v) is 5.59. The minimum absolute atomic E-state index is 0.104. The van der Waals surface area contributed by atoms with Crippen molar-refractivity contribution >= 4 is 29.2 Å². The molecule has 4 nitrogen and oxygen atoms in total. The fourth-order valence-electron chi connectivity index (χ4n) is 1.76. The van der Waals surface area contributed by atoms with Gasteiger partial charge in [-0.25, -0.2) is 4.79 Å². The molecule has 0 saturated heterocycles. The molecule has 0 amide bonds. The van der Waals surface area contributed by atoms with Crippen LogP contribution in [0.25, 0.3) is 0 Å². The molecule has 2 aromatic carbocycles. The second kappa shape index (κ2) is 7.87. The molecule has 0 aliphatic carbocycles. The maximum absolute atomic E-state index is 12.0. The monoisotopic (exact) mass is 349 g/mol. The van der Waals surface area contributed by atoms with Crippen LogP contribution in [0.2, 0.25) is 10.0 Å². The van der Waals surface area contributed by atoms with E-state index >= 15 is 0 Å². The fraction of sp³-hybridized carbons (Fsp3) is 0.176. The zero-order valence-corrected chi connectivity index (χ0v) is 13.8. The highest BCUT2D eigenvalue weighted by Crippen LogP contribution is 2.28. The normalized spacial score (nSPS) is 11.4. The number of carbonyl (C=O) groups is 1. The van der Waals surface area contributed by atoms with Crippen LogP contribution >= 0.6 is 23.2 Å². The van der Waals surface area contributed by atoms with Crippen LogP contribution < -0.4 is 4.74 Å². The van der Waals surface area contributed by atoms with Crippen LogP contribution in [0.5, 0.6) is 5.75 Å². The maximum Gasteiger partial charge on any atom is 0.347 e. The number of nitrogens with zero attached hydrogens (tertiary/aromatic N) is 1. The van der Waals surface area contributed by atoms with Crippen molar-refractivity contribution in [1.82, 2.24) is 0 Å². The van der Waals surface area contributed by atoms with Crippen molar-refractivity contribution in [3.05, 3.63) is 63.6 Å². The van der Waals surface area contributed by atoms with Gasteiger partial charge in [0.05, 0.1) is 16.7 Å². The molecule has 0 spiro atoms. The molecule has 6 heteroatoms. The number of carbonyl (C=O) groups excluding carboxylic acids is 1. The summed E-state index contributed by atoms with van der Waals surface area (Å²) < 4.78 is 10.7. The average Bonchev–Trinajstić information content (AvgIpc) is 2.55. The van der Waals surface area contributed by atoms with E-state index in [4.69, 9.17) is 37.9 Å². The molecule has 0 radical (unpaired) electrons. The topological polar surface area (TPSA) is 59.3 Å². The summed E-state index contributed by atoms with van der Waals surface area (Å²) >= 11 is 11.8. The molecule has 0 bridgehead atoms. The second-order valence-electron chi connectivity index (χ2n) is 4.75. The van der Waals surface area contributed by atoms with Gasteiger partial charge in [-0.15, -0.1) is 0 Å². The third-order valence-electron chi connectivity index (χ3n) is 2.99.